The summed E-state index contributed by atoms with van der Waals surface area (Å²) in [4.78, 5) is 0.698. The molecule has 0 aromatic heterocycles. The fourth-order valence-electron chi connectivity index (χ4n) is 3.00. The molecule has 2 heteroatoms. The lowest BCUT2D eigenvalue weighted by atomic mass is 9.81. The summed E-state index contributed by atoms with van der Waals surface area (Å²) in [7, 11) is 0. The molecular weight excluding hydrogens is 235 g/mol. The second-order valence-corrected chi connectivity index (χ2v) is 6.38. The van der Waals surface area contributed by atoms with E-state index >= 15 is 0 Å². The summed E-state index contributed by atoms with van der Waals surface area (Å²) >= 11 is 9.97. The number of hydrogen-bond donors (Lipinski definition) is 0. The summed E-state index contributed by atoms with van der Waals surface area (Å²) in [6, 6.07) is 0. The van der Waals surface area contributed by atoms with E-state index in [4.69, 9.17) is 11.6 Å². The fourth-order valence-corrected chi connectivity index (χ4v) is 4.74. The van der Waals surface area contributed by atoms with Crippen LogP contribution in [0, 0.1) is 17.8 Å². The molecule has 0 nitrogen and oxygen atoms in total. The van der Waals surface area contributed by atoms with Crippen molar-refractivity contribution in [3.63, 3.8) is 0 Å². The molecule has 12 heavy (non-hydrogen) atoms. The summed E-state index contributed by atoms with van der Waals surface area (Å²) in [5.74, 6) is 2.78. The summed E-state index contributed by atoms with van der Waals surface area (Å²) in [5, 5.41) is 0.431. The van der Waals surface area contributed by atoms with Crippen molar-refractivity contribution in [2.24, 2.45) is 17.8 Å². The highest BCUT2D eigenvalue weighted by atomic mass is 79.9. The van der Waals surface area contributed by atoms with Crippen molar-refractivity contribution in [2.75, 3.05) is 0 Å². The first-order valence-electron chi connectivity index (χ1n) is 4.95. The van der Waals surface area contributed by atoms with E-state index in [9.17, 15) is 0 Å². The highest BCUT2D eigenvalue weighted by Gasteiger charge is 2.41. The molecule has 0 bridgehead atoms. The molecule has 0 saturated heterocycles. The summed E-state index contributed by atoms with van der Waals surface area (Å²) in [6.45, 7) is 2.38. The molecule has 0 amide bonds. The number of rotatable bonds is 0. The number of halogens is 2. The monoisotopic (exact) mass is 250 g/mol. The molecule has 2 aliphatic carbocycles. The van der Waals surface area contributed by atoms with E-state index in [0.717, 1.165) is 17.8 Å². The average molecular weight is 252 g/mol. The zero-order chi connectivity index (χ0) is 8.72. The summed E-state index contributed by atoms with van der Waals surface area (Å²) in [5.41, 5.74) is 0. The number of hydrogen-bond acceptors (Lipinski definition) is 0. The van der Waals surface area contributed by atoms with Gasteiger partial charge in [0.15, 0.2) is 0 Å². The first kappa shape index (κ1) is 9.33. The minimum Gasteiger partial charge on any atom is -0.123 e. The Morgan fingerprint density at radius 3 is 2.67 bits per heavy atom. The van der Waals surface area contributed by atoms with Crippen LogP contribution in [0.1, 0.15) is 32.6 Å². The Kier molecular flexibility index (Phi) is 2.72. The van der Waals surface area contributed by atoms with Gasteiger partial charge in [-0.05, 0) is 43.4 Å². The van der Waals surface area contributed by atoms with Gasteiger partial charge in [0.2, 0.25) is 0 Å². The quantitative estimate of drug-likeness (QED) is 0.574. The van der Waals surface area contributed by atoms with Crippen molar-refractivity contribution in [3.8, 4) is 0 Å². The number of fused-ring (bicyclic) bond motifs is 1. The standard InChI is InChI=1S/C10H16BrCl/c1-6-2-7-4-8(12)5-10(11)9(7)3-6/h6-10H,2-5H2,1H3. The Morgan fingerprint density at radius 1 is 1.17 bits per heavy atom. The normalized spacial score (nSPS) is 53.8. The van der Waals surface area contributed by atoms with Crippen molar-refractivity contribution in [2.45, 2.75) is 42.8 Å². The average Bonchev–Trinajstić information content (AvgIpc) is 2.29. The molecule has 2 fully saturated rings. The first-order valence-corrected chi connectivity index (χ1v) is 6.30. The number of alkyl halides is 2. The molecule has 0 N–H and O–H groups in total. The third kappa shape index (κ3) is 1.68. The highest BCUT2D eigenvalue weighted by molar-refractivity contribution is 9.09. The molecule has 0 spiro atoms. The van der Waals surface area contributed by atoms with Gasteiger partial charge in [-0.3, -0.25) is 0 Å². The van der Waals surface area contributed by atoms with Crippen LogP contribution in [0.2, 0.25) is 0 Å². The molecule has 5 unspecified atom stereocenters. The lowest BCUT2D eigenvalue weighted by Gasteiger charge is -2.33. The molecule has 2 rings (SSSR count). The van der Waals surface area contributed by atoms with Crippen molar-refractivity contribution in [1.29, 1.82) is 0 Å². The van der Waals surface area contributed by atoms with E-state index in [2.05, 4.69) is 22.9 Å². The predicted octanol–water partition coefficient (Wildman–Crippen LogP) is 3.81. The lowest BCUT2D eigenvalue weighted by Crippen LogP contribution is -2.30. The van der Waals surface area contributed by atoms with Crippen LogP contribution in [-0.4, -0.2) is 10.2 Å². The Morgan fingerprint density at radius 2 is 1.92 bits per heavy atom. The highest BCUT2D eigenvalue weighted by Crippen LogP contribution is 2.48. The van der Waals surface area contributed by atoms with Crippen LogP contribution in [-0.2, 0) is 0 Å². The molecule has 2 saturated carbocycles. The van der Waals surface area contributed by atoms with Crippen LogP contribution < -0.4 is 0 Å². The zero-order valence-corrected chi connectivity index (χ0v) is 9.81. The lowest BCUT2D eigenvalue weighted by molar-refractivity contribution is 0.294. The smallest absolute Gasteiger partial charge is 0.0349 e. The van der Waals surface area contributed by atoms with E-state index in [1.807, 2.05) is 0 Å². The van der Waals surface area contributed by atoms with Gasteiger partial charge in [-0.2, -0.15) is 0 Å². The van der Waals surface area contributed by atoms with Gasteiger partial charge in [0.05, 0.1) is 0 Å². The fraction of sp³-hybridized carbons (Fsp3) is 1.00. The van der Waals surface area contributed by atoms with Crippen molar-refractivity contribution in [3.05, 3.63) is 0 Å². The van der Waals surface area contributed by atoms with Gasteiger partial charge in [0, 0.05) is 10.2 Å². The van der Waals surface area contributed by atoms with Crippen LogP contribution in [0.4, 0.5) is 0 Å². The van der Waals surface area contributed by atoms with Crippen LogP contribution in [0.15, 0.2) is 0 Å². The Hall–Kier alpha value is 0.770. The molecule has 0 heterocycles. The second-order valence-electron chi connectivity index (χ2n) is 4.59. The predicted molar refractivity (Wildman–Crippen MR) is 57.0 cm³/mol. The van der Waals surface area contributed by atoms with Crippen LogP contribution in [0.5, 0.6) is 0 Å². The second kappa shape index (κ2) is 3.49. The summed E-state index contributed by atoms with van der Waals surface area (Å²) in [6.07, 6.45) is 5.27. The van der Waals surface area contributed by atoms with Crippen LogP contribution >= 0.6 is 27.5 Å². The maximum atomic E-state index is 6.20. The van der Waals surface area contributed by atoms with Gasteiger partial charge in [-0.25, -0.2) is 0 Å². The third-order valence-corrected chi connectivity index (χ3v) is 4.90. The maximum Gasteiger partial charge on any atom is 0.0349 e. The molecule has 70 valence electrons. The van der Waals surface area contributed by atoms with E-state index in [-0.39, 0.29) is 0 Å². The maximum absolute atomic E-state index is 6.20. The minimum atomic E-state index is 0.431. The molecular formula is C10H16BrCl. The van der Waals surface area contributed by atoms with Gasteiger partial charge in [-0.15, -0.1) is 11.6 Å². The largest absolute Gasteiger partial charge is 0.123 e. The Balaban J connectivity index is 2.05. The Bertz CT molecular complexity index is 171. The van der Waals surface area contributed by atoms with Gasteiger partial charge >= 0.3 is 0 Å². The first-order chi connectivity index (χ1) is 5.66. The van der Waals surface area contributed by atoms with E-state index < -0.39 is 0 Å². The van der Waals surface area contributed by atoms with E-state index in [1.54, 1.807) is 0 Å². The van der Waals surface area contributed by atoms with Crippen LogP contribution in [0.3, 0.4) is 0 Å². The topological polar surface area (TPSA) is 0 Å². The molecule has 0 aliphatic heterocycles. The molecule has 0 aromatic rings. The van der Waals surface area contributed by atoms with Crippen molar-refractivity contribution < 1.29 is 0 Å². The van der Waals surface area contributed by atoms with Crippen molar-refractivity contribution >= 4 is 27.5 Å². The Labute approximate surface area is 88.2 Å². The SMILES string of the molecule is CC1CC2CC(Cl)CC(Br)C2C1. The molecule has 0 radical (unpaired) electrons. The zero-order valence-electron chi connectivity index (χ0n) is 7.47. The van der Waals surface area contributed by atoms with Crippen molar-refractivity contribution in [1.82, 2.24) is 0 Å². The van der Waals surface area contributed by atoms with E-state index in [0.29, 0.717) is 10.2 Å². The minimum absolute atomic E-state index is 0.431. The molecule has 0 aromatic carbocycles. The van der Waals surface area contributed by atoms with Gasteiger partial charge < -0.3 is 0 Å². The third-order valence-electron chi connectivity index (χ3n) is 3.49. The van der Waals surface area contributed by atoms with Gasteiger partial charge in [0.1, 0.15) is 0 Å². The molecule has 2 aliphatic rings. The van der Waals surface area contributed by atoms with Crippen LogP contribution in [0.25, 0.3) is 0 Å². The van der Waals surface area contributed by atoms with Gasteiger partial charge in [0.25, 0.3) is 0 Å². The molecule has 5 atom stereocenters. The summed E-state index contributed by atoms with van der Waals surface area (Å²) < 4.78 is 0. The van der Waals surface area contributed by atoms with E-state index in [1.165, 1.54) is 25.7 Å². The van der Waals surface area contributed by atoms with Gasteiger partial charge in [-0.1, -0.05) is 22.9 Å².